The zero-order valence-corrected chi connectivity index (χ0v) is 12.3. The summed E-state index contributed by atoms with van der Waals surface area (Å²) in [7, 11) is 0. The van der Waals surface area contributed by atoms with Gasteiger partial charge in [-0.1, -0.05) is 23.7 Å². The minimum Gasteiger partial charge on any atom is -0.297 e. The average Bonchev–Trinajstić information content (AvgIpc) is 2.45. The highest BCUT2D eigenvalue weighted by Gasteiger charge is 2.31. The van der Waals surface area contributed by atoms with Crippen LogP contribution in [0.5, 0.6) is 0 Å². The molecule has 0 bridgehead atoms. The SMILES string of the molecule is CCN1C=C([N+](=O)[O-])C(C(C)=O)=C(c2cccc(Cl)c2)N1. The molecule has 110 valence electrons. The third-order valence-electron chi connectivity index (χ3n) is 3.04. The van der Waals surface area contributed by atoms with Gasteiger partial charge in [-0.25, -0.2) is 0 Å². The number of hydrazine groups is 1. The van der Waals surface area contributed by atoms with E-state index in [9.17, 15) is 14.9 Å². The van der Waals surface area contributed by atoms with Crippen LogP contribution in [0.2, 0.25) is 5.02 Å². The van der Waals surface area contributed by atoms with Gasteiger partial charge in [0.2, 0.25) is 0 Å². The Bertz CT molecular complexity index is 667. The molecule has 7 heteroatoms. The summed E-state index contributed by atoms with van der Waals surface area (Å²) in [5, 5.41) is 13.3. The van der Waals surface area contributed by atoms with E-state index in [1.54, 1.807) is 29.3 Å². The smallest absolute Gasteiger partial charge is 0.297 e. The van der Waals surface area contributed by atoms with E-state index < -0.39 is 4.92 Å². The summed E-state index contributed by atoms with van der Waals surface area (Å²) in [6.45, 7) is 3.66. The Balaban J connectivity index is 2.66. The van der Waals surface area contributed by atoms with Crippen LogP contribution in [0.25, 0.3) is 5.70 Å². The first-order valence-corrected chi connectivity index (χ1v) is 6.73. The Labute approximate surface area is 126 Å². The first kappa shape index (κ1) is 15.1. The van der Waals surface area contributed by atoms with Crippen LogP contribution in [0.1, 0.15) is 19.4 Å². The highest BCUT2D eigenvalue weighted by atomic mass is 35.5. The molecule has 1 aliphatic heterocycles. The predicted octanol–water partition coefficient (Wildman–Crippen LogP) is 2.60. The van der Waals surface area contributed by atoms with Crippen LogP contribution in [-0.2, 0) is 4.79 Å². The number of carbonyl (C=O) groups excluding carboxylic acids is 1. The standard InChI is InChI=1S/C14H14ClN3O3/c1-3-17-8-12(18(20)21)13(9(2)19)14(16-17)10-5-4-6-11(15)7-10/h4-8,16H,3H2,1-2H3. The lowest BCUT2D eigenvalue weighted by Gasteiger charge is -2.28. The molecule has 1 aromatic rings. The van der Waals surface area contributed by atoms with Gasteiger partial charge in [0.05, 0.1) is 16.8 Å². The summed E-state index contributed by atoms with van der Waals surface area (Å²) in [5.41, 5.74) is 3.85. The molecule has 1 aromatic carbocycles. The van der Waals surface area contributed by atoms with Gasteiger partial charge < -0.3 is 0 Å². The summed E-state index contributed by atoms with van der Waals surface area (Å²) in [4.78, 5) is 22.6. The molecule has 0 radical (unpaired) electrons. The van der Waals surface area contributed by atoms with Crippen LogP contribution in [0.3, 0.4) is 0 Å². The van der Waals surface area contributed by atoms with Crippen molar-refractivity contribution in [3.63, 3.8) is 0 Å². The molecule has 0 saturated carbocycles. The number of hydrogen-bond donors (Lipinski definition) is 1. The fourth-order valence-corrected chi connectivity index (χ4v) is 2.28. The molecule has 1 heterocycles. The summed E-state index contributed by atoms with van der Waals surface area (Å²) >= 11 is 5.96. The van der Waals surface area contributed by atoms with E-state index in [0.717, 1.165) is 0 Å². The van der Waals surface area contributed by atoms with Crippen LogP contribution in [0.4, 0.5) is 0 Å². The van der Waals surface area contributed by atoms with Gasteiger partial charge in [0.25, 0.3) is 5.70 Å². The van der Waals surface area contributed by atoms with Crippen LogP contribution in [0, 0.1) is 10.1 Å². The van der Waals surface area contributed by atoms with Crippen molar-refractivity contribution < 1.29 is 9.72 Å². The number of Topliss-reactive ketones (excluding diaryl/α,β-unsaturated/α-hetero) is 1. The molecule has 0 spiro atoms. The lowest BCUT2D eigenvalue weighted by atomic mass is 10.00. The van der Waals surface area contributed by atoms with E-state index in [2.05, 4.69) is 5.43 Å². The number of allylic oxidation sites excluding steroid dienone is 1. The van der Waals surface area contributed by atoms with Crippen LogP contribution >= 0.6 is 11.6 Å². The quantitative estimate of drug-likeness (QED) is 0.683. The summed E-state index contributed by atoms with van der Waals surface area (Å²) in [5.74, 6) is -0.379. The van der Waals surface area contributed by atoms with Gasteiger partial charge in [-0.3, -0.25) is 25.3 Å². The van der Waals surface area contributed by atoms with Crippen molar-refractivity contribution in [3.8, 4) is 0 Å². The van der Waals surface area contributed by atoms with Crippen molar-refractivity contribution >= 4 is 23.1 Å². The Hall–Kier alpha value is -2.34. The maximum atomic E-state index is 11.9. The number of rotatable bonds is 4. The second-order valence-corrected chi connectivity index (χ2v) is 4.92. The van der Waals surface area contributed by atoms with E-state index in [-0.39, 0.29) is 17.1 Å². The molecule has 1 aliphatic rings. The Morgan fingerprint density at radius 3 is 2.71 bits per heavy atom. The molecule has 0 aliphatic carbocycles. The first-order chi connectivity index (χ1) is 9.93. The number of ketones is 1. The monoisotopic (exact) mass is 307 g/mol. The lowest BCUT2D eigenvalue weighted by Crippen LogP contribution is -2.38. The number of benzene rings is 1. The van der Waals surface area contributed by atoms with Crippen molar-refractivity contribution in [2.45, 2.75) is 13.8 Å². The first-order valence-electron chi connectivity index (χ1n) is 6.35. The second kappa shape index (κ2) is 5.97. The van der Waals surface area contributed by atoms with Gasteiger partial charge in [0.1, 0.15) is 5.57 Å². The lowest BCUT2D eigenvalue weighted by molar-refractivity contribution is -0.421. The van der Waals surface area contributed by atoms with Crippen molar-refractivity contribution in [3.05, 3.63) is 62.4 Å². The van der Waals surface area contributed by atoms with Crippen LogP contribution in [0.15, 0.2) is 41.7 Å². The number of halogens is 1. The molecule has 0 saturated heterocycles. The van der Waals surface area contributed by atoms with Gasteiger partial charge in [-0.2, -0.15) is 0 Å². The minimum absolute atomic E-state index is 0.0481. The second-order valence-electron chi connectivity index (χ2n) is 4.49. The molecule has 0 atom stereocenters. The van der Waals surface area contributed by atoms with E-state index in [4.69, 9.17) is 11.6 Å². The van der Waals surface area contributed by atoms with Crippen molar-refractivity contribution in [2.75, 3.05) is 6.54 Å². The number of hydrogen-bond acceptors (Lipinski definition) is 5. The third-order valence-corrected chi connectivity index (χ3v) is 3.28. The molecule has 0 fully saturated rings. The zero-order chi connectivity index (χ0) is 15.6. The minimum atomic E-state index is -0.551. The maximum absolute atomic E-state index is 11.9. The summed E-state index contributed by atoms with van der Waals surface area (Å²) in [6.07, 6.45) is 1.32. The maximum Gasteiger partial charge on any atom is 0.299 e. The molecule has 1 N–H and O–H groups in total. The van der Waals surface area contributed by atoms with Crippen molar-refractivity contribution in [1.82, 2.24) is 10.4 Å². The predicted molar refractivity (Wildman–Crippen MR) is 79.6 cm³/mol. The summed E-state index contributed by atoms with van der Waals surface area (Å²) in [6, 6.07) is 6.83. The van der Waals surface area contributed by atoms with Gasteiger partial charge in [-0.05, 0) is 26.0 Å². The van der Waals surface area contributed by atoms with Crippen LogP contribution in [-0.4, -0.2) is 22.3 Å². The molecule has 0 unspecified atom stereocenters. The molecule has 21 heavy (non-hydrogen) atoms. The van der Waals surface area contributed by atoms with Crippen molar-refractivity contribution in [1.29, 1.82) is 0 Å². The average molecular weight is 308 g/mol. The Kier molecular flexibility index (Phi) is 4.28. The highest BCUT2D eigenvalue weighted by molar-refractivity contribution is 6.30. The molecule has 6 nitrogen and oxygen atoms in total. The number of nitro groups is 1. The number of carbonyl (C=O) groups is 1. The largest absolute Gasteiger partial charge is 0.299 e. The molecular weight excluding hydrogens is 294 g/mol. The van der Waals surface area contributed by atoms with Gasteiger partial charge >= 0.3 is 0 Å². The third kappa shape index (κ3) is 3.05. The molecule has 0 aromatic heterocycles. The van der Waals surface area contributed by atoms with E-state index in [1.165, 1.54) is 13.1 Å². The Morgan fingerprint density at radius 1 is 1.48 bits per heavy atom. The normalized spacial score (nSPS) is 14.6. The topological polar surface area (TPSA) is 75.5 Å². The van der Waals surface area contributed by atoms with E-state index in [1.807, 2.05) is 6.92 Å². The van der Waals surface area contributed by atoms with E-state index in [0.29, 0.717) is 22.8 Å². The highest BCUT2D eigenvalue weighted by Crippen LogP contribution is 2.28. The Morgan fingerprint density at radius 2 is 2.19 bits per heavy atom. The van der Waals surface area contributed by atoms with E-state index >= 15 is 0 Å². The van der Waals surface area contributed by atoms with Crippen LogP contribution < -0.4 is 5.43 Å². The van der Waals surface area contributed by atoms with Gasteiger partial charge in [-0.15, -0.1) is 0 Å². The number of nitrogens with zero attached hydrogens (tertiary/aromatic N) is 2. The molecule has 2 rings (SSSR count). The van der Waals surface area contributed by atoms with Crippen molar-refractivity contribution in [2.24, 2.45) is 0 Å². The molecule has 0 amide bonds. The zero-order valence-electron chi connectivity index (χ0n) is 11.6. The fourth-order valence-electron chi connectivity index (χ4n) is 2.09. The summed E-state index contributed by atoms with van der Waals surface area (Å²) < 4.78 is 0. The van der Waals surface area contributed by atoms with Gasteiger partial charge in [0.15, 0.2) is 5.78 Å². The fraction of sp³-hybridized carbons (Fsp3) is 0.214. The number of nitrogens with one attached hydrogen (secondary N) is 1. The molecular formula is C14H14ClN3O3. The van der Waals surface area contributed by atoms with Gasteiger partial charge in [0, 0.05) is 17.1 Å².